The molecule has 0 spiro atoms. The van der Waals surface area contributed by atoms with Gasteiger partial charge in [-0.05, 0) is 65.8 Å². The maximum atomic E-state index is 11.7. The molecule has 0 fully saturated rings. The Morgan fingerprint density at radius 1 is 0.651 bits per heavy atom. The molecule has 0 radical (unpaired) electrons. The molecule has 0 bridgehead atoms. The van der Waals surface area contributed by atoms with Gasteiger partial charge in [0.25, 0.3) is 0 Å². The second-order valence-electron chi connectivity index (χ2n) is 9.86. The Bertz CT molecular complexity index is 1370. The third kappa shape index (κ3) is 12.3. The van der Waals surface area contributed by atoms with E-state index >= 15 is 0 Å². The van der Waals surface area contributed by atoms with Gasteiger partial charge in [-0.1, -0.05) is 91.0 Å². The van der Waals surface area contributed by atoms with Gasteiger partial charge in [0.2, 0.25) is 0 Å². The van der Waals surface area contributed by atoms with Crippen molar-refractivity contribution in [2.75, 3.05) is 14.2 Å². The first-order valence-corrected chi connectivity index (χ1v) is 14.3. The van der Waals surface area contributed by atoms with Crippen LogP contribution in [0.2, 0.25) is 0 Å². The lowest BCUT2D eigenvalue weighted by atomic mass is 9.96. The van der Waals surface area contributed by atoms with E-state index in [1.807, 2.05) is 109 Å². The van der Waals surface area contributed by atoms with Gasteiger partial charge in [-0.15, -0.1) is 6.58 Å². The third-order valence-corrected chi connectivity index (χ3v) is 6.66. The van der Waals surface area contributed by atoms with Crippen molar-refractivity contribution >= 4 is 11.9 Å². The van der Waals surface area contributed by atoms with Crippen molar-refractivity contribution in [3.63, 3.8) is 0 Å². The number of carbonyl (C=O) groups excluding carboxylic acids is 2. The number of carbonyl (C=O) groups is 2. The van der Waals surface area contributed by atoms with Crippen molar-refractivity contribution in [1.82, 2.24) is 0 Å². The Morgan fingerprint density at radius 2 is 1.14 bits per heavy atom. The summed E-state index contributed by atoms with van der Waals surface area (Å²) in [6.07, 6.45) is 4.09. The van der Waals surface area contributed by atoms with Crippen LogP contribution in [0, 0.1) is 5.92 Å². The van der Waals surface area contributed by atoms with Gasteiger partial charge in [0.05, 0.1) is 20.1 Å². The van der Waals surface area contributed by atoms with E-state index in [9.17, 15) is 9.59 Å². The van der Waals surface area contributed by atoms with Gasteiger partial charge in [-0.2, -0.15) is 0 Å². The Balaban J connectivity index is 0.000000238. The predicted octanol–water partition coefficient (Wildman–Crippen LogP) is 7.54. The van der Waals surface area contributed by atoms with Crippen LogP contribution in [-0.2, 0) is 45.1 Å². The van der Waals surface area contributed by atoms with Crippen molar-refractivity contribution in [1.29, 1.82) is 0 Å². The molecule has 1 unspecified atom stereocenters. The Labute approximate surface area is 254 Å². The van der Waals surface area contributed by atoms with Crippen LogP contribution < -0.4 is 9.47 Å². The molecule has 4 aromatic carbocycles. The summed E-state index contributed by atoms with van der Waals surface area (Å²) in [6, 6.07) is 35.7. The van der Waals surface area contributed by atoms with Gasteiger partial charge >= 0.3 is 11.9 Å². The number of esters is 2. The van der Waals surface area contributed by atoms with Crippen LogP contribution in [0.25, 0.3) is 0 Å². The summed E-state index contributed by atoms with van der Waals surface area (Å²) in [4.78, 5) is 22.8. The first-order valence-electron chi connectivity index (χ1n) is 14.3. The maximum absolute atomic E-state index is 11.7. The fourth-order valence-electron chi connectivity index (χ4n) is 4.22. The van der Waals surface area contributed by atoms with Crippen molar-refractivity contribution in [3.05, 3.63) is 144 Å². The summed E-state index contributed by atoms with van der Waals surface area (Å²) in [5, 5.41) is 0. The van der Waals surface area contributed by atoms with E-state index in [0.717, 1.165) is 33.8 Å². The standard InChI is InChI=1S/C20H22O3.C17H18O3/c1-3-7-18(20(21)22-2)14-16-10-12-19(13-11-16)23-15-17-8-5-4-6-9-17;1-19-17(18)12-9-14-7-10-16(11-8-14)20-13-15-5-3-2-4-6-15/h3-6,8-13,18H,1,7,14-15H2,2H3;2-8,10-11H,9,12-13H2,1H3. The topological polar surface area (TPSA) is 71.1 Å². The van der Waals surface area contributed by atoms with Crippen LogP contribution in [0.4, 0.5) is 0 Å². The molecule has 0 saturated carbocycles. The second-order valence-corrected chi connectivity index (χ2v) is 9.86. The van der Waals surface area contributed by atoms with Gasteiger partial charge in [-0.25, -0.2) is 0 Å². The molecule has 4 aromatic rings. The molecule has 0 saturated heterocycles. The molecule has 224 valence electrons. The molecule has 0 heterocycles. The van der Waals surface area contributed by atoms with Crippen LogP contribution in [0.1, 0.15) is 35.1 Å². The normalized spacial score (nSPS) is 10.8. The van der Waals surface area contributed by atoms with Gasteiger partial charge in [-0.3, -0.25) is 9.59 Å². The quantitative estimate of drug-likeness (QED) is 0.113. The zero-order chi connectivity index (χ0) is 30.7. The molecular formula is C37H40O6. The smallest absolute Gasteiger partial charge is 0.309 e. The van der Waals surface area contributed by atoms with Crippen molar-refractivity contribution in [2.45, 2.75) is 38.9 Å². The lowest BCUT2D eigenvalue weighted by Gasteiger charge is -2.13. The summed E-state index contributed by atoms with van der Waals surface area (Å²) in [5.41, 5.74) is 4.45. The largest absolute Gasteiger partial charge is 0.489 e. The predicted molar refractivity (Wildman–Crippen MR) is 169 cm³/mol. The molecule has 0 aliphatic carbocycles. The average molecular weight is 581 g/mol. The molecule has 1 atom stereocenters. The van der Waals surface area contributed by atoms with Crippen molar-refractivity contribution in [2.24, 2.45) is 5.92 Å². The van der Waals surface area contributed by atoms with E-state index in [2.05, 4.69) is 11.3 Å². The summed E-state index contributed by atoms with van der Waals surface area (Å²) in [6.45, 7) is 4.80. The van der Waals surface area contributed by atoms with Crippen LogP contribution in [0.5, 0.6) is 11.5 Å². The average Bonchev–Trinajstić information content (AvgIpc) is 3.07. The lowest BCUT2D eigenvalue weighted by molar-refractivity contribution is -0.145. The summed E-state index contributed by atoms with van der Waals surface area (Å²) in [7, 11) is 2.82. The number of methoxy groups -OCH3 is 2. The third-order valence-electron chi connectivity index (χ3n) is 6.66. The zero-order valence-corrected chi connectivity index (χ0v) is 24.9. The number of allylic oxidation sites excluding steroid dienone is 1. The zero-order valence-electron chi connectivity index (χ0n) is 24.9. The number of rotatable bonds is 14. The van der Waals surface area contributed by atoms with Crippen molar-refractivity contribution < 1.29 is 28.5 Å². The van der Waals surface area contributed by atoms with Gasteiger partial charge in [0.1, 0.15) is 24.7 Å². The molecule has 6 nitrogen and oxygen atoms in total. The SMILES string of the molecule is C=CCC(Cc1ccc(OCc2ccccc2)cc1)C(=O)OC.COC(=O)CCc1ccc(OCc2ccccc2)cc1. The van der Waals surface area contributed by atoms with Crippen LogP contribution in [0.15, 0.2) is 122 Å². The highest BCUT2D eigenvalue weighted by Gasteiger charge is 2.18. The first kappa shape index (κ1) is 32.7. The highest BCUT2D eigenvalue weighted by molar-refractivity contribution is 5.72. The molecule has 0 aromatic heterocycles. The Kier molecular flexibility index (Phi) is 14.1. The van der Waals surface area contributed by atoms with E-state index in [0.29, 0.717) is 38.9 Å². The lowest BCUT2D eigenvalue weighted by Crippen LogP contribution is -2.18. The van der Waals surface area contributed by atoms with Crippen LogP contribution >= 0.6 is 0 Å². The number of hydrogen-bond acceptors (Lipinski definition) is 6. The monoisotopic (exact) mass is 580 g/mol. The van der Waals surface area contributed by atoms with E-state index < -0.39 is 0 Å². The fraction of sp³-hybridized carbons (Fsp3) is 0.243. The minimum absolute atomic E-state index is 0.186. The number of benzene rings is 4. The highest BCUT2D eigenvalue weighted by atomic mass is 16.5. The molecule has 43 heavy (non-hydrogen) atoms. The molecular weight excluding hydrogens is 540 g/mol. The van der Waals surface area contributed by atoms with E-state index in [-0.39, 0.29) is 17.9 Å². The van der Waals surface area contributed by atoms with E-state index in [4.69, 9.17) is 14.2 Å². The minimum Gasteiger partial charge on any atom is -0.489 e. The molecule has 6 heteroatoms. The molecule has 4 rings (SSSR count). The molecule has 0 N–H and O–H groups in total. The summed E-state index contributed by atoms with van der Waals surface area (Å²) in [5.74, 6) is 1.07. The van der Waals surface area contributed by atoms with Crippen LogP contribution in [-0.4, -0.2) is 26.2 Å². The molecule has 0 aliphatic heterocycles. The molecule has 0 aliphatic rings. The fourth-order valence-corrected chi connectivity index (χ4v) is 4.22. The second kappa shape index (κ2) is 18.6. The first-order chi connectivity index (χ1) is 21.0. The maximum Gasteiger partial charge on any atom is 0.309 e. The summed E-state index contributed by atoms with van der Waals surface area (Å²) < 4.78 is 20.9. The Hall–Kier alpha value is -4.84. The van der Waals surface area contributed by atoms with E-state index in [1.54, 1.807) is 6.08 Å². The van der Waals surface area contributed by atoms with Gasteiger partial charge < -0.3 is 18.9 Å². The summed E-state index contributed by atoms with van der Waals surface area (Å²) >= 11 is 0. The van der Waals surface area contributed by atoms with Crippen LogP contribution in [0.3, 0.4) is 0 Å². The minimum atomic E-state index is -0.200. The number of hydrogen-bond donors (Lipinski definition) is 0. The van der Waals surface area contributed by atoms with Gasteiger partial charge in [0, 0.05) is 6.42 Å². The molecule has 0 amide bonds. The number of ether oxygens (including phenoxy) is 4. The Morgan fingerprint density at radius 3 is 1.58 bits per heavy atom. The van der Waals surface area contributed by atoms with E-state index in [1.165, 1.54) is 14.2 Å². The van der Waals surface area contributed by atoms with Crippen molar-refractivity contribution in [3.8, 4) is 11.5 Å². The number of aryl methyl sites for hydroxylation is 1. The highest BCUT2D eigenvalue weighted by Crippen LogP contribution is 2.19. The van der Waals surface area contributed by atoms with Gasteiger partial charge in [0.15, 0.2) is 0 Å².